The van der Waals surface area contributed by atoms with Gasteiger partial charge in [-0.15, -0.1) is 0 Å². The summed E-state index contributed by atoms with van der Waals surface area (Å²) in [5.74, 6) is -0.0106. The lowest BCUT2D eigenvalue weighted by Crippen LogP contribution is -2.32. The maximum absolute atomic E-state index is 13.0. The molecule has 1 N–H and O–H groups in total. The summed E-state index contributed by atoms with van der Waals surface area (Å²) in [4.78, 5) is 27.7. The number of benzene rings is 3. The van der Waals surface area contributed by atoms with Gasteiger partial charge in [0.15, 0.2) is 0 Å². The Bertz CT molecular complexity index is 1180. The molecule has 1 aliphatic heterocycles. The fourth-order valence-electron chi connectivity index (χ4n) is 4.31. The Morgan fingerprint density at radius 1 is 1.03 bits per heavy atom. The number of fused-ring (bicyclic) bond motifs is 1. The van der Waals surface area contributed by atoms with Crippen molar-refractivity contribution in [1.82, 2.24) is 5.32 Å². The highest BCUT2D eigenvalue weighted by Gasteiger charge is 2.28. The lowest BCUT2D eigenvalue weighted by atomic mass is 9.95. The van der Waals surface area contributed by atoms with Crippen LogP contribution < -0.4 is 10.2 Å². The molecule has 4 rings (SSSR count). The minimum Gasteiger partial charge on any atom is -0.345 e. The maximum Gasteiger partial charge on any atom is 0.251 e. The molecule has 1 heterocycles. The first-order valence-electron chi connectivity index (χ1n) is 11.4. The van der Waals surface area contributed by atoms with E-state index in [-0.39, 0.29) is 17.9 Å². The summed E-state index contributed by atoms with van der Waals surface area (Å²) in [5, 5.41) is 12.3. The molecule has 1 aliphatic rings. The van der Waals surface area contributed by atoms with Gasteiger partial charge in [-0.3, -0.25) is 9.59 Å². The zero-order valence-corrected chi connectivity index (χ0v) is 18.8. The van der Waals surface area contributed by atoms with Gasteiger partial charge in [-0.1, -0.05) is 43.3 Å². The van der Waals surface area contributed by atoms with Gasteiger partial charge in [0.25, 0.3) is 5.91 Å². The first-order chi connectivity index (χ1) is 16.1. The highest BCUT2D eigenvalue weighted by molar-refractivity contribution is 5.96. The van der Waals surface area contributed by atoms with Gasteiger partial charge in [-0.25, -0.2) is 0 Å². The highest BCUT2D eigenvalue weighted by atomic mass is 16.2. The van der Waals surface area contributed by atoms with E-state index in [2.05, 4.69) is 17.5 Å². The molecule has 0 bridgehead atoms. The van der Waals surface area contributed by atoms with E-state index in [0.717, 1.165) is 41.6 Å². The number of nitrogens with one attached hydrogen (secondary N) is 1. The number of carbonyl (C=O) groups is 2. The number of carbonyl (C=O) groups excluding carboxylic acids is 2. The Kier molecular flexibility index (Phi) is 6.85. The predicted octanol–water partition coefficient (Wildman–Crippen LogP) is 5.62. The van der Waals surface area contributed by atoms with Crippen LogP contribution in [0.4, 0.5) is 5.69 Å². The molecular weight excluding hydrogens is 410 g/mol. The Balaban J connectivity index is 1.74. The molecule has 0 saturated heterocycles. The Labute approximate surface area is 194 Å². The summed E-state index contributed by atoms with van der Waals surface area (Å²) in [6, 6.07) is 24.7. The van der Waals surface area contributed by atoms with Crippen molar-refractivity contribution >= 4 is 17.5 Å². The van der Waals surface area contributed by atoms with Gasteiger partial charge in [0.05, 0.1) is 17.7 Å². The second-order valence-corrected chi connectivity index (χ2v) is 8.29. The van der Waals surface area contributed by atoms with Crippen LogP contribution in [-0.2, 0) is 4.79 Å². The van der Waals surface area contributed by atoms with Crippen molar-refractivity contribution < 1.29 is 9.59 Å². The van der Waals surface area contributed by atoms with Crippen LogP contribution in [0.5, 0.6) is 0 Å². The van der Waals surface area contributed by atoms with E-state index in [9.17, 15) is 9.59 Å². The van der Waals surface area contributed by atoms with Crippen molar-refractivity contribution in [2.45, 2.75) is 38.6 Å². The molecule has 2 amide bonds. The first-order valence-corrected chi connectivity index (χ1v) is 11.4. The molecule has 0 saturated carbocycles. The molecule has 33 heavy (non-hydrogen) atoms. The van der Waals surface area contributed by atoms with Gasteiger partial charge in [0.2, 0.25) is 5.91 Å². The van der Waals surface area contributed by atoms with E-state index < -0.39 is 0 Å². The third kappa shape index (κ3) is 4.96. The average Bonchev–Trinajstić information content (AvgIpc) is 3.04. The summed E-state index contributed by atoms with van der Waals surface area (Å²) >= 11 is 0. The van der Waals surface area contributed by atoms with Gasteiger partial charge in [-0.2, -0.15) is 5.26 Å². The molecule has 1 atom stereocenters. The summed E-state index contributed by atoms with van der Waals surface area (Å²) in [6.45, 7) is 2.65. The molecule has 0 spiro atoms. The molecule has 0 fully saturated rings. The molecule has 0 radical (unpaired) electrons. The van der Waals surface area contributed by atoms with Crippen molar-refractivity contribution in [3.8, 4) is 17.2 Å². The first kappa shape index (κ1) is 22.3. The molecule has 0 aliphatic carbocycles. The third-order valence-corrected chi connectivity index (χ3v) is 6.02. The number of amides is 2. The molecule has 3 aromatic carbocycles. The molecule has 5 heteroatoms. The normalized spacial score (nSPS) is 15.2. The van der Waals surface area contributed by atoms with Crippen molar-refractivity contribution in [2.24, 2.45) is 0 Å². The van der Waals surface area contributed by atoms with E-state index in [1.807, 2.05) is 54.3 Å². The molecule has 5 nitrogen and oxygen atoms in total. The van der Waals surface area contributed by atoms with E-state index in [4.69, 9.17) is 5.26 Å². The third-order valence-electron chi connectivity index (χ3n) is 6.02. The van der Waals surface area contributed by atoms with Crippen LogP contribution >= 0.6 is 0 Å². The number of hydrogen-bond donors (Lipinski definition) is 1. The second-order valence-electron chi connectivity index (χ2n) is 8.29. The smallest absolute Gasteiger partial charge is 0.251 e. The molecule has 166 valence electrons. The second kappa shape index (κ2) is 10.1. The van der Waals surface area contributed by atoms with Crippen molar-refractivity contribution in [2.75, 3.05) is 11.4 Å². The van der Waals surface area contributed by atoms with Gasteiger partial charge < -0.3 is 10.2 Å². The molecule has 1 unspecified atom stereocenters. The SMILES string of the molecule is CCCC(=O)N1CCCC(NC(=O)c2ccccc2)c2cc(-c3ccc(C#N)cc3)ccc21. The summed E-state index contributed by atoms with van der Waals surface area (Å²) in [5.41, 5.74) is 5.01. The van der Waals surface area contributed by atoms with Crippen molar-refractivity contribution in [3.63, 3.8) is 0 Å². The number of anilines is 1. The van der Waals surface area contributed by atoms with Crippen LogP contribution in [0.15, 0.2) is 72.8 Å². The largest absolute Gasteiger partial charge is 0.345 e. The fraction of sp³-hybridized carbons (Fsp3) is 0.250. The zero-order chi connectivity index (χ0) is 23.2. The van der Waals surface area contributed by atoms with Gasteiger partial charge in [0.1, 0.15) is 0 Å². The molecular formula is C28H27N3O2. The van der Waals surface area contributed by atoms with Crippen LogP contribution in [0, 0.1) is 11.3 Å². The average molecular weight is 438 g/mol. The van der Waals surface area contributed by atoms with E-state index >= 15 is 0 Å². The molecule has 0 aromatic heterocycles. The maximum atomic E-state index is 13.0. The number of nitriles is 1. The lowest BCUT2D eigenvalue weighted by Gasteiger charge is -2.25. The van der Waals surface area contributed by atoms with E-state index in [1.165, 1.54) is 0 Å². The predicted molar refractivity (Wildman–Crippen MR) is 130 cm³/mol. The number of nitrogens with zero attached hydrogens (tertiary/aromatic N) is 2. The summed E-state index contributed by atoms with van der Waals surface area (Å²) in [7, 11) is 0. The van der Waals surface area contributed by atoms with Crippen molar-refractivity contribution in [1.29, 1.82) is 5.26 Å². The minimum atomic E-state index is -0.203. The fourth-order valence-corrected chi connectivity index (χ4v) is 4.31. The highest BCUT2D eigenvalue weighted by Crippen LogP contribution is 2.37. The van der Waals surface area contributed by atoms with Crippen LogP contribution in [0.3, 0.4) is 0 Å². The lowest BCUT2D eigenvalue weighted by molar-refractivity contribution is -0.118. The van der Waals surface area contributed by atoms with E-state index in [0.29, 0.717) is 24.1 Å². The topological polar surface area (TPSA) is 73.2 Å². The van der Waals surface area contributed by atoms with Crippen LogP contribution in [-0.4, -0.2) is 18.4 Å². The van der Waals surface area contributed by atoms with Crippen LogP contribution in [0.1, 0.15) is 60.1 Å². The monoisotopic (exact) mass is 437 g/mol. The van der Waals surface area contributed by atoms with Crippen LogP contribution in [0.2, 0.25) is 0 Å². The Morgan fingerprint density at radius 2 is 1.76 bits per heavy atom. The quantitative estimate of drug-likeness (QED) is 0.563. The summed E-state index contributed by atoms with van der Waals surface area (Å²) < 4.78 is 0. The van der Waals surface area contributed by atoms with E-state index in [1.54, 1.807) is 24.3 Å². The molecule has 3 aromatic rings. The van der Waals surface area contributed by atoms with Gasteiger partial charge >= 0.3 is 0 Å². The standard InChI is InChI=1S/C28H27N3O2/c1-2-7-27(32)31-17-6-10-25(30-28(33)22-8-4-3-5-9-22)24-18-23(15-16-26(24)31)21-13-11-20(19-29)12-14-21/h3-5,8-9,11-16,18,25H,2,6-7,10,17H2,1H3,(H,30,33). The Hall–Kier alpha value is -3.91. The van der Waals surface area contributed by atoms with Gasteiger partial charge in [-0.05, 0) is 72.4 Å². The number of rotatable bonds is 5. The number of hydrogen-bond acceptors (Lipinski definition) is 3. The zero-order valence-electron chi connectivity index (χ0n) is 18.8. The van der Waals surface area contributed by atoms with Crippen LogP contribution in [0.25, 0.3) is 11.1 Å². The van der Waals surface area contributed by atoms with Gasteiger partial charge in [0, 0.05) is 24.2 Å². The Morgan fingerprint density at radius 3 is 2.45 bits per heavy atom. The summed E-state index contributed by atoms with van der Waals surface area (Å²) in [6.07, 6.45) is 2.84. The minimum absolute atomic E-state index is 0.111. The van der Waals surface area contributed by atoms with Crippen molar-refractivity contribution in [3.05, 3.63) is 89.5 Å².